The number of hydrogen-bond acceptors (Lipinski definition) is 3. The van der Waals surface area contributed by atoms with Gasteiger partial charge in [0.05, 0.1) is 0 Å². The third-order valence-electron chi connectivity index (χ3n) is 0.696. The molecule has 44 valence electrons. The highest BCUT2D eigenvalue weighted by molar-refractivity contribution is 5.88. The maximum absolute atomic E-state index is 4.86. The standard InChI is InChI=1S/C4H7N3O/c1-5-7-4-6-2-3-8-4/h2,5H,3H2,1H3. The van der Waals surface area contributed by atoms with E-state index in [-0.39, 0.29) is 0 Å². The SMILES string of the molecule is CNN=C1N=CCO1. The lowest BCUT2D eigenvalue weighted by molar-refractivity contribution is 0.373. The largest absolute Gasteiger partial charge is 0.457 e. The highest BCUT2D eigenvalue weighted by Gasteiger charge is 1.99. The van der Waals surface area contributed by atoms with E-state index in [0.29, 0.717) is 12.6 Å². The smallest absolute Gasteiger partial charge is 0.333 e. The van der Waals surface area contributed by atoms with Gasteiger partial charge in [0.2, 0.25) is 0 Å². The first kappa shape index (κ1) is 5.08. The quantitative estimate of drug-likeness (QED) is 0.469. The summed E-state index contributed by atoms with van der Waals surface area (Å²) < 4.78 is 4.86. The number of amidine groups is 1. The highest BCUT2D eigenvalue weighted by Crippen LogP contribution is 1.88. The molecule has 0 unspecified atom stereocenters. The zero-order chi connectivity index (χ0) is 5.82. The van der Waals surface area contributed by atoms with Crippen molar-refractivity contribution >= 4 is 12.2 Å². The van der Waals surface area contributed by atoms with Crippen molar-refractivity contribution in [3.05, 3.63) is 0 Å². The number of hydrogen-bond donors (Lipinski definition) is 1. The first-order chi connectivity index (χ1) is 3.93. The molecule has 0 radical (unpaired) electrons. The van der Waals surface area contributed by atoms with E-state index in [1.54, 1.807) is 13.3 Å². The average molecular weight is 113 g/mol. The first-order valence-electron chi connectivity index (χ1n) is 2.33. The van der Waals surface area contributed by atoms with E-state index in [4.69, 9.17) is 4.74 Å². The molecule has 0 aliphatic carbocycles. The predicted octanol–water partition coefficient (Wildman–Crippen LogP) is -0.422. The second-order valence-corrected chi connectivity index (χ2v) is 1.24. The van der Waals surface area contributed by atoms with Crippen LogP contribution in [-0.4, -0.2) is 25.9 Å². The molecular formula is C4H7N3O. The van der Waals surface area contributed by atoms with Crippen LogP contribution in [0.15, 0.2) is 10.1 Å². The normalized spacial score (nSPS) is 21.4. The Labute approximate surface area is 47.3 Å². The molecule has 0 amide bonds. The average Bonchev–Trinajstić information content (AvgIpc) is 2.19. The van der Waals surface area contributed by atoms with Crippen LogP contribution in [0.1, 0.15) is 0 Å². The molecule has 0 aromatic rings. The van der Waals surface area contributed by atoms with Crippen LogP contribution in [0.5, 0.6) is 0 Å². The van der Waals surface area contributed by atoms with Gasteiger partial charge in [-0.3, -0.25) is 0 Å². The summed E-state index contributed by atoms with van der Waals surface area (Å²) in [6.45, 7) is 0.542. The monoisotopic (exact) mass is 113 g/mol. The van der Waals surface area contributed by atoms with Crippen LogP contribution in [0.25, 0.3) is 0 Å². The van der Waals surface area contributed by atoms with Crippen LogP contribution in [0.4, 0.5) is 0 Å². The summed E-state index contributed by atoms with van der Waals surface area (Å²) in [4.78, 5) is 3.77. The van der Waals surface area contributed by atoms with E-state index in [9.17, 15) is 0 Å². The van der Waals surface area contributed by atoms with Crippen molar-refractivity contribution in [1.29, 1.82) is 0 Å². The Morgan fingerprint density at radius 1 is 2.00 bits per heavy atom. The Bertz CT molecular complexity index is 129. The summed E-state index contributed by atoms with van der Waals surface area (Å²) in [6, 6.07) is 0.410. The summed E-state index contributed by atoms with van der Waals surface area (Å²) in [5, 5.41) is 3.67. The van der Waals surface area contributed by atoms with Gasteiger partial charge in [0.15, 0.2) is 0 Å². The first-order valence-corrected chi connectivity index (χ1v) is 2.33. The van der Waals surface area contributed by atoms with E-state index in [1.807, 2.05) is 0 Å². The second-order valence-electron chi connectivity index (χ2n) is 1.24. The van der Waals surface area contributed by atoms with Gasteiger partial charge >= 0.3 is 6.02 Å². The number of nitrogens with zero attached hydrogens (tertiary/aromatic N) is 2. The van der Waals surface area contributed by atoms with Gasteiger partial charge in [-0.2, -0.15) is 0 Å². The van der Waals surface area contributed by atoms with Crippen molar-refractivity contribution in [2.45, 2.75) is 0 Å². The van der Waals surface area contributed by atoms with Crippen molar-refractivity contribution in [2.75, 3.05) is 13.7 Å². The van der Waals surface area contributed by atoms with Crippen molar-refractivity contribution in [2.24, 2.45) is 10.1 Å². The van der Waals surface area contributed by atoms with Gasteiger partial charge in [0.25, 0.3) is 0 Å². The molecule has 1 aliphatic heterocycles. The van der Waals surface area contributed by atoms with Gasteiger partial charge in [-0.15, -0.1) is 5.10 Å². The number of hydrazone groups is 1. The number of nitrogens with one attached hydrogen (secondary N) is 1. The van der Waals surface area contributed by atoms with Crippen molar-refractivity contribution < 1.29 is 4.74 Å². The van der Waals surface area contributed by atoms with Gasteiger partial charge in [-0.1, -0.05) is 0 Å². The molecule has 0 saturated carbocycles. The van der Waals surface area contributed by atoms with Crippen LogP contribution in [0.2, 0.25) is 0 Å². The van der Waals surface area contributed by atoms with Gasteiger partial charge in [-0.05, 0) is 0 Å². The van der Waals surface area contributed by atoms with E-state index in [1.165, 1.54) is 0 Å². The Kier molecular flexibility index (Phi) is 1.46. The van der Waals surface area contributed by atoms with Crippen LogP contribution in [0.3, 0.4) is 0 Å². The Morgan fingerprint density at radius 3 is 3.38 bits per heavy atom. The molecule has 0 atom stereocenters. The third-order valence-corrected chi connectivity index (χ3v) is 0.696. The summed E-state index contributed by atoms with van der Waals surface area (Å²) >= 11 is 0. The van der Waals surface area contributed by atoms with Crippen molar-refractivity contribution in [3.8, 4) is 0 Å². The maximum Gasteiger partial charge on any atom is 0.333 e. The minimum atomic E-state index is 0.410. The van der Waals surface area contributed by atoms with Crippen molar-refractivity contribution in [3.63, 3.8) is 0 Å². The zero-order valence-corrected chi connectivity index (χ0v) is 4.59. The zero-order valence-electron chi connectivity index (χ0n) is 4.59. The van der Waals surface area contributed by atoms with Crippen LogP contribution in [0, 0.1) is 0 Å². The third kappa shape index (κ3) is 0.959. The van der Waals surface area contributed by atoms with Crippen LogP contribution in [-0.2, 0) is 4.74 Å². The van der Waals surface area contributed by atoms with Gasteiger partial charge in [0.1, 0.15) is 6.61 Å². The molecule has 4 nitrogen and oxygen atoms in total. The highest BCUT2D eigenvalue weighted by atomic mass is 16.5. The van der Waals surface area contributed by atoms with Crippen LogP contribution < -0.4 is 5.43 Å². The lowest BCUT2D eigenvalue weighted by Crippen LogP contribution is -2.02. The lowest BCUT2D eigenvalue weighted by atomic mass is 10.8. The summed E-state index contributed by atoms with van der Waals surface area (Å²) in [6.07, 6.45) is 1.66. The van der Waals surface area contributed by atoms with E-state index < -0.39 is 0 Å². The van der Waals surface area contributed by atoms with Gasteiger partial charge < -0.3 is 10.2 Å². The lowest BCUT2D eigenvalue weighted by Gasteiger charge is -1.90. The Hall–Kier alpha value is -1.06. The molecule has 0 bridgehead atoms. The molecule has 1 heterocycles. The molecule has 0 fully saturated rings. The Balaban J connectivity index is 2.46. The molecule has 4 heteroatoms. The fourth-order valence-corrected chi connectivity index (χ4v) is 0.421. The minimum absolute atomic E-state index is 0.410. The summed E-state index contributed by atoms with van der Waals surface area (Å²) in [5.74, 6) is 0. The molecule has 1 N–H and O–H groups in total. The molecule has 1 rings (SSSR count). The summed E-state index contributed by atoms with van der Waals surface area (Å²) in [7, 11) is 1.70. The van der Waals surface area contributed by atoms with E-state index in [2.05, 4.69) is 15.5 Å². The maximum atomic E-state index is 4.86. The molecule has 0 aromatic heterocycles. The number of aliphatic imine (C=N–C) groups is 1. The molecule has 0 aromatic carbocycles. The Morgan fingerprint density at radius 2 is 2.88 bits per heavy atom. The second kappa shape index (κ2) is 2.30. The fraction of sp³-hybridized carbons (Fsp3) is 0.500. The van der Waals surface area contributed by atoms with Gasteiger partial charge in [-0.25, -0.2) is 4.99 Å². The van der Waals surface area contributed by atoms with Gasteiger partial charge in [0, 0.05) is 13.3 Å². The molecular weight excluding hydrogens is 106 g/mol. The minimum Gasteiger partial charge on any atom is -0.457 e. The number of rotatable bonds is 1. The fourth-order valence-electron chi connectivity index (χ4n) is 0.421. The number of ether oxygens (including phenoxy) is 1. The molecule has 1 aliphatic rings. The van der Waals surface area contributed by atoms with Crippen LogP contribution >= 0.6 is 0 Å². The predicted molar refractivity (Wildman–Crippen MR) is 30.9 cm³/mol. The molecule has 0 spiro atoms. The molecule has 0 saturated heterocycles. The molecule has 8 heavy (non-hydrogen) atoms. The van der Waals surface area contributed by atoms with E-state index in [0.717, 1.165) is 0 Å². The van der Waals surface area contributed by atoms with E-state index >= 15 is 0 Å². The van der Waals surface area contributed by atoms with Crippen molar-refractivity contribution in [1.82, 2.24) is 5.43 Å². The summed E-state index contributed by atoms with van der Waals surface area (Å²) in [5.41, 5.74) is 2.56. The topological polar surface area (TPSA) is 46.0 Å².